The lowest BCUT2D eigenvalue weighted by Gasteiger charge is -2.47. The van der Waals surface area contributed by atoms with Crippen molar-refractivity contribution in [2.45, 2.75) is 50.5 Å². The van der Waals surface area contributed by atoms with Gasteiger partial charge in [-0.3, -0.25) is 9.69 Å². The fourth-order valence-electron chi connectivity index (χ4n) is 4.85. The Morgan fingerprint density at radius 3 is 2.68 bits per heavy atom. The topological polar surface area (TPSA) is 59.4 Å². The van der Waals surface area contributed by atoms with Gasteiger partial charge in [-0.25, -0.2) is 4.98 Å². The van der Waals surface area contributed by atoms with Crippen molar-refractivity contribution in [2.24, 2.45) is 5.92 Å². The van der Waals surface area contributed by atoms with Crippen LogP contribution in [0.15, 0.2) is 30.7 Å². The molecule has 2 aromatic rings. The molecule has 1 amide bonds. The van der Waals surface area contributed by atoms with Crippen molar-refractivity contribution in [1.29, 1.82) is 0 Å². The molecule has 6 nitrogen and oxygen atoms in total. The number of ether oxygens (including phenoxy) is 1. The molecule has 1 N–H and O–H groups in total. The molecular weight excluding hydrogens is 409 g/mol. The van der Waals surface area contributed by atoms with Gasteiger partial charge in [-0.2, -0.15) is 13.2 Å². The highest BCUT2D eigenvalue weighted by molar-refractivity contribution is 5.96. The number of nitrogens with one attached hydrogen (secondary N) is 1. The zero-order chi connectivity index (χ0) is 21.6. The van der Waals surface area contributed by atoms with E-state index < -0.39 is 12.1 Å². The van der Waals surface area contributed by atoms with Gasteiger partial charge in [0.1, 0.15) is 12.4 Å². The number of imidazole rings is 1. The fourth-order valence-corrected chi connectivity index (χ4v) is 4.85. The highest BCUT2D eigenvalue weighted by Gasteiger charge is 2.48. The van der Waals surface area contributed by atoms with E-state index in [0.717, 1.165) is 42.7 Å². The minimum absolute atomic E-state index is 0.0454. The van der Waals surface area contributed by atoms with Crippen LogP contribution in [0.1, 0.15) is 36.0 Å². The Hall–Kier alpha value is -2.55. The van der Waals surface area contributed by atoms with Crippen LogP contribution >= 0.6 is 0 Å². The summed E-state index contributed by atoms with van der Waals surface area (Å²) < 4.78 is 45.9. The number of aromatic nitrogens is 2. The molecule has 1 aromatic carbocycles. The van der Waals surface area contributed by atoms with Gasteiger partial charge in [0.05, 0.1) is 30.7 Å². The molecule has 0 bridgehead atoms. The molecule has 1 aromatic heterocycles. The molecule has 0 atom stereocenters. The lowest BCUT2D eigenvalue weighted by molar-refractivity contribution is -0.215. The van der Waals surface area contributed by atoms with E-state index in [9.17, 15) is 18.0 Å². The summed E-state index contributed by atoms with van der Waals surface area (Å²) in [6.45, 7) is 1.47. The van der Waals surface area contributed by atoms with Gasteiger partial charge in [-0.1, -0.05) is 0 Å². The maximum atomic E-state index is 12.9. The quantitative estimate of drug-likeness (QED) is 0.804. The number of hydrogen-bond donors (Lipinski definition) is 1. The van der Waals surface area contributed by atoms with Gasteiger partial charge in [0.25, 0.3) is 5.91 Å². The number of halogens is 3. The average molecular weight is 434 g/mol. The lowest BCUT2D eigenvalue weighted by Crippen LogP contribution is -2.58. The number of likely N-dealkylation sites (tertiary alicyclic amines) is 1. The van der Waals surface area contributed by atoms with E-state index in [1.54, 1.807) is 18.6 Å². The van der Waals surface area contributed by atoms with Crippen LogP contribution in [0, 0.1) is 5.92 Å². The number of alkyl halides is 3. The largest absolute Gasteiger partial charge is 0.491 e. The van der Waals surface area contributed by atoms with Crippen LogP contribution in [0.2, 0.25) is 0 Å². The van der Waals surface area contributed by atoms with Gasteiger partial charge in [0, 0.05) is 36.3 Å². The van der Waals surface area contributed by atoms with E-state index in [1.165, 1.54) is 0 Å². The predicted molar refractivity (Wildman–Crippen MR) is 108 cm³/mol. The van der Waals surface area contributed by atoms with E-state index in [0.29, 0.717) is 18.7 Å². The second-order valence-electron chi connectivity index (χ2n) is 8.70. The summed E-state index contributed by atoms with van der Waals surface area (Å²) in [4.78, 5) is 19.0. The fraction of sp³-hybridized carbons (Fsp3) is 0.545. The summed E-state index contributed by atoms with van der Waals surface area (Å²) in [5, 5.41) is 3.10. The summed E-state index contributed by atoms with van der Waals surface area (Å²) in [7, 11) is 0. The minimum atomic E-state index is -4.09. The van der Waals surface area contributed by atoms with Crippen molar-refractivity contribution in [3.8, 4) is 17.0 Å². The van der Waals surface area contributed by atoms with Gasteiger partial charge < -0.3 is 14.6 Å². The third-order valence-electron chi connectivity index (χ3n) is 6.74. The zero-order valence-electron chi connectivity index (χ0n) is 17.1. The molecule has 5 rings (SSSR count). The molecule has 0 radical (unpaired) electrons. The normalized spacial score (nSPS) is 24.4. The SMILES string of the molecule is O=C(NC1CCC(N2CC(C(F)(F)F)C2)CC1)c1ccc2c(c1)-c1cncn1CCO2. The second-order valence-corrected chi connectivity index (χ2v) is 8.70. The molecule has 1 saturated heterocycles. The molecular formula is C22H25F3N4O2. The van der Waals surface area contributed by atoms with Crippen LogP contribution in [0.3, 0.4) is 0 Å². The van der Waals surface area contributed by atoms with Crippen molar-refractivity contribution in [1.82, 2.24) is 19.8 Å². The van der Waals surface area contributed by atoms with Crippen molar-refractivity contribution >= 4 is 5.91 Å². The third kappa shape index (κ3) is 4.03. The molecule has 3 heterocycles. The van der Waals surface area contributed by atoms with Crippen LogP contribution in [0.5, 0.6) is 5.75 Å². The number of benzene rings is 1. The number of nitrogens with zero attached hydrogens (tertiary/aromatic N) is 3. The number of carbonyl (C=O) groups excluding carboxylic acids is 1. The van der Waals surface area contributed by atoms with Crippen molar-refractivity contribution in [3.05, 3.63) is 36.3 Å². The minimum Gasteiger partial charge on any atom is -0.491 e. The molecule has 9 heteroatoms. The van der Waals surface area contributed by atoms with Crippen LogP contribution < -0.4 is 10.1 Å². The summed E-state index contributed by atoms with van der Waals surface area (Å²) in [6, 6.07) is 5.67. The van der Waals surface area contributed by atoms with E-state index in [2.05, 4.69) is 10.3 Å². The molecule has 3 aliphatic rings. The van der Waals surface area contributed by atoms with Gasteiger partial charge in [-0.05, 0) is 43.9 Å². The predicted octanol–water partition coefficient (Wildman–Crippen LogP) is 3.48. The van der Waals surface area contributed by atoms with Crippen molar-refractivity contribution < 1.29 is 22.7 Å². The Morgan fingerprint density at radius 2 is 1.94 bits per heavy atom. The number of hydrogen-bond acceptors (Lipinski definition) is 4. The first kappa shape index (κ1) is 20.4. The number of fused-ring (bicyclic) bond motifs is 3. The summed E-state index contributed by atoms with van der Waals surface area (Å²) in [6.07, 6.45) is 2.64. The first-order valence-electron chi connectivity index (χ1n) is 10.8. The Morgan fingerprint density at radius 1 is 1.16 bits per heavy atom. The number of amides is 1. The van der Waals surface area contributed by atoms with Gasteiger partial charge in [0.2, 0.25) is 0 Å². The van der Waals surface area contributed by atoms with Crippen LogP contribution in [0.25, 0.3) is 11.3 Å². The highest BCUT2D eigenvalue weighted by atomic mass is 19.4. The first-order chi connectivity index (χ1) is 14.9. The summed E-state index contributed by atoms with van der Waals surface area (Å²) in [5.74, 6) is -0.580. The van der Waals surface area contributed by atoms with Crippen LogP contribution in [-0.2, 0) is 6.54 Å². The molecule has 0 spiro atoms. The Balaban J connectivity index is 1.18. The van der Waals surface area contributed by atoms with E-state index in [-0.39, 0.29) is 31.1 Å². The number of rotatable bonds is 3. The Bertz CT molecular complexity index is 960. The second kappa shape index (κ2) is 7.85. The highest BCUT2D eigenvalue weighted by Crippen LogP contribution is 2.37. The Kier molecular flexibility index (Phi) is 5.16. The maximum Gasteiger partial charge on any atom is 0.394 e. The van der Waals surface area contributed by atoms with Gasteiger partial charge >= 0.3 is 6.18 Å². The van der Waals surface area contributed by atoms with E-state index in [1.807, 2.05) is 21.6 Å². The van der Waals surface area contributed by atoms with E-state index >= 15 is 0 Å². The van der Waals surface area contributed by atoms with Crippen LogP contribution in [0.4, 0.5) is 13.2 Å². The number of carbonyl (C=O) groups is 1. The molecule has 166 valence electrons. The van der Waals surface area contributed by atoms with E-state index in [4.69, 9.17) is 4.74 Å². The zero-order valence-corrected chi connectivity index (χ0v) is 17.1. The standard InChI is InChI=1S/C22H25F3N4O2/c23-22(24,25)15-11-29(12-15)17-4-2-16(3-5-17)27-21(30)14-1-6-20-18(9-14)19-10-26-13-28(19)7-8-31-20/h1,6,9-10,13,15-17H,2-5,7-8,11-12H2,(H,27,30). The third-order valence-corrected chi connectivity index (χ3v) is 6.74. The van der Waals surface area contributed by atoms with Gasteiger partial charge in [-0.15, -0.1) is 0 Å². The molecule has 0 unspecified atom stereocenters. The van der Waals surface area contributed by atoms with Gasteiger partial charge in [0.15, 0.2) is 0 Å². The Labute approximate surface area is 178 Å². The van der Waals surface area contributed by atoms with Crippen molar-refractivity contribution in [3.63, 3.8) is 0 Å². The molecule has 1 aliphatic carbocycles. The smallest absolute Gasteiger partial charge is 0.394 e. The molecule has 2 aliphatic heterocycles. The molecule has 31 heavy (non-hydrogen) atoms. The average Bonchev–Trinajstić information content (AvgIpc) is 3.09. The lowest BCUT2D eigenvalue weighted by atomic mass is 9.86. The molecule has 2 fully saturated rings. The maximum absolute atomic E-state index is 12.9. The molecule has 1 saturated carbocycles. The first-order valence-corrected chi connectivity index (χ1v) is 10.8. The monoisotopic (exact) mass is 434 g/mol. The van der Waals surface area contributed by atoms with Crippen molar-refractivity contribution in [2.75, 3.05) is 19.7 Å². The summed E-state index contributed by atoms with van der Waals surface area (Å²) >= 11 is 0. The summed E-state index contributed by atoms with van der Waals surface area (Å²) in [5.41, 5.74) is 2.34. The van der Waals surface area contributed by atoms with Crippen LogP contribution in [-0.4, -0.2) is 58.3 Å².